The Morgan fingerprint density at radius 2 is 1.91 bits per heavy atom. The predicted octanol–water partition coefficient (Wildman–Crippen LogP) is 6.75. The lowest BCUT2D eigenvalue weighted by Gasteiger charge is -2.46. The molecule has 0 spiro atoms. The molecule has 4 heteroatoms. The molecule has 0 radical (unpaired) electrons. The number of phenols is 1. The topological polar surface area (TPSA) is 49.8 Å². The van der Waals surface area contributed by atoms with Gasteiger partial charge >= 0.3 is 0 Å². The number of carbonyl (C=O) groups is 1. The van der Waals surface area contributed by atoms with Crippen LogP contribution in [0.5, 0.6) is 11.5 Å². The normalized spacial score (nSPS) is 24.6. The maximum atomic E-state index is 13.8. The van der Waals surface area contributed by atoms with Gasteiger partial charge in [0.2, 0.25) is 0 Å². The Bertz CT molecular complexity index is 877. The fraction of sp³-hybridized carbons (Fsp3) is 0.679. The molecule has 32 heavy (non-hydrogen) atoms. The number of allylic oxidation sites excluding steroid dienone is 2. The van der Waals surface area contributed by atoms with E-state index >= 15 is 0 Å². The number of unbranched alkanes of at least 4 members (excludes halogenated alkanes) is 2. The van der Waals surface area contributed by atoms with E-state index in [9.17, 15) is 9.90 Å². The van der Waals surface area contributed by atoms with Crippen molar-refractivity contribution >= 4 is 5.91 Å². The van der Waals surface area contributed by atoms with Gasteiger partial charge in [0.05, 0.1) is 5.56 Å². The van der Waals surface area contributed by atoms with E-state index in [0.717, 1.165) is 81.3 Å². The summed E-state index contributed by atoms with van der Waals surface area (Å²) in [7, 11) is 0. The second-order valence-electron chi connectivity index (χ2n) is 10.7. The van der Waals surface area contributed by atoms with E-state index in [-0.39, 0.29) is 23.2 Å². The molecule has 2 atom stereocenters. The molecule has 4 nitrogen and oxygen atoms in total. The number of carbonyl (C=O) groups excluding carboxylic acids is 1. The average Bonchev–Trinajstić information content (AvgIpc) is 3.02. The molecule has 0 bridgehead atoms. The Morgan fingerprint density at radius 3 is 2.59 bits per heavy atom. The summed E-state index contributed by atoms with van der Waals surface area (Å²) in [5.74, 6) is 1.37. The number of fused-ring (bicyclic) bond motifs is 3. The van der Waals surface area contributed by atoms with Gasteiger partial charge in [0.15, 0.2) is 0 Å². The number of likely N-dealkylation sites (tertiary alicyclic amines) is 1. The van der Waals surface area contributed by atoms with Crippen molar-refractivity contribution in [3.63, 3.8) is 0 Å². The van der Waals surface area contributed by atoms with E-state index in [1.165, 1.54) is 18.4 Å². The summed E-state index contributed by atoms with van der Waals surface area (Å²) in [5, 5.41) is 11.7. The highest BCUT2D eigenvalue weighted by Gasteiger charge is 2.46. The van der Waals surface area contributed by atoms with Crippen LogP contribution in [0.25, 0.3) is 0 Å². The minimum absolute atomic E-state index is 0.0107. The molecular weight excluding hydrogens is 398 g/mol. The van der Waals surface area contributed by atoms with Crippen molar-refractivity contribution < 1.29 is 14.6 Å². The van der Waals surface area contributed by atoms with Crippen molar-refractivity contribution in [2.75, 3.05) is 13.1 Å². The van der Waals surface area contributed by atoms with Gasteiger partial charge in [0.1, 0.15) is 17.1 Å². The number of rotatable bonds is 5. The minimum Gasteiger partial charge on any atom is -0.507 e. The van der Waals surface area contributed by atoms with Crippen LogP contribution in [-0.4, -0.2) is 34.6 Å². The lowest BCUT2D eigenvalue weighted by atomic mass is 9.67. The molecule has 1 aromatic rings. The van der Waals surface area contributed by atoms with E-state index in [0.29, 0.717) is 11.5 Å². The summed E-state index contributed by atoms with van der Waals surface area (Å²) in [5.41, 5.74) is 3.40. The third-order valence-corrected chi connectivity index (χ3v) is 7.89. The van der Waals surface area contributed by atoms with Crippen molar-refractivity contribution in [2.24, 2.45) is 5.92 Å². The molecule has 2 heterocycles. The zero-order valence-corrected chi connectivity index (χ0v) is 20.5. The first kappa shape index (κ1) is 23.2. The van der Waals surface area contributed by atoms with Gasteiger partial charge in [0.25, 0.3) is 5.91 Å². The number of amides is 1. The van der Waals surface area contributed by atoms with E-state index in [1.54, 1.807) is 0 Å². The van der Waals surface area contributed by atoms with Gasteiger partial charge in [-0.3, -0.25) is 4.79 Å². The number of ether oxygens (including phenoxy) is 1. The van der Waals surface area contributed by atoms with Crippen molar-refractivity contribution in [3.8, 4) is 11.5 Å². The molecule has 176 valence electrons. The number of benzene rings is 1. The zero-order valence-electron chi connectivity index (χ0n) is 20.5. The first-order valence-corrected chi connectivity index (χ1v) is 12.9. The van der Waals surface area contributed by atoms with Gasteiger partial charge in [-0.15, -0.1) is 0 Å². The summed E-state index contributed by atoms with van der Waals surface area (Å²) in [6.45, 7) is 10.3. The Balaban J connectivity index is 1.82. The summed E-state index contributed by atoms with van der Waals surface area (Å²) in [4.78, 5) is 15.8. The van der Waals surface area contributed by atoms with Crippen molar-refractivity contribution in [2.45, 2.75) is 103 Å². The molecule has 1 fully saturated rings. The third-order valence-electron chi connectivity index (χ3n) is 7.89. The van der Waals surface area contributed by atoms with Gasteiger partial charge < -0.3 is 14.7 Å². The van der Waals surface area contributed by atoms with Gasteiger partial charge in [-0.25, -0.2) is 0 Å². The number of aryl methyl sites for hydroxylation is 1. The number of aromatic hydroxyl groups is 1. The maximum Gasteiger partial charge on any atom is 0.257 e. The molecule has 0 aromatic heterocycles. The Morgan fingerprint density at radius 1 is 1.19 bits per heavy atom. The molecular formula is C28H41NO3. The van der Waals surface area contributed by atoms with E-state index in [4.69, 9.17) is 4.74 Å². The summed E-state index contributed by atoms with van der Waals surface area (Å²) in [6, 6.07) is 2.09. The monoisotopic (exact) mass is 439 g/mol. The molecule has 1 amide bonds. The summed E-state index contributed by atoms with van der Waals surface area (Å²) < 4.78 is 6.54. The minimum atomic E-state index is -0.293. The van der Waals surface area contributed by atoms with Crippen LogP contribution in [-0.2, 0) is 6.42 Å². The first-order valence-electron chi connectivity index (χ1n) is 12.9. The fourth-order valence-corrected chi connectivity index (χ4v) is 6.04. The highest BCUT2D eigenvalue weighted by atomic mass is 16.5. The standard InChI is InChI=1S/C28H41NO3/c1-5-6-9-12-20-18-23-25(21-17-19(2)13-14-22(21)28(3,4)32-23)26(30)24(20)27(31)29-15-10-7-8-11-16-29/h17-18,21-22,30H,5-16H2,1-4H3/t21?,22-/m1/s1. The number of hydrogen-bond acceptors (Lipinski definition) is 3. The van der Waals surface area contributed by atoms with E-state index in [1.807, 2.05) is 4.90 Å². The quantitative estimate of drug-likeness (QED) is 0.408. The number of hydrogen-bond donors (Lipinski definition) is 1. The Labute approximate surface area is 194 Å². The van der Waals surface area contributed by atoms with Crippen molar-refractivity contribution in [3.05, 3.63) is 34.4 Å². The van der Waals surface area contributed by atoms with Gasteiger partial charge in [0, 0.05) is 30.5 Å². The number of nitrogens with zero attached hydrogens (tertiary/aromatic N) is 1. The van der Waals surface area contributed by atoms with Gasteiger partial charge in [-0.05, 0) is 70.9 Å². The largest absolute Gasteiger partial charge is 0.507 e. The first-order chi connectivity index (χ1) is 15.3. The smallest absolute Gasteiger partial charge is 0.257 e. The van der Waals surface area contributed by atoms with Crippen LogP contribution in [0.15, 0.2) is 17.7 Å². The molecule has 2 aliphatic heterocycles. The molecule has 1 N–H and O–H groups in total. The highest BCUT2D eigenvalue weighted by molar-refractivity contribution is 5.99. The third kappa shape index (κ3) is 4.43. The maximum absolute atomic E-state index is 13.8. The van der Waals surface area contributed by atoms with Crippen molar-refractivity contribution in [1.29, 1.82) is 0 Å². The van der Waals surface area contributed by atoms with E-state index in [2.05, 4.69) is 39.8 Å². The molecule has 1 saturated heterocycles. The lowest BCUT2D eigenvalue weighted by Crippen LogP contribution is -2.45. The van der Waals surface area contributed by atoms with Crippen LogP contribution in [0.1, 0.15) is 113 Å². The number of phenolic OH excluding ortho intramolecular Hbond substituents is 1. The Kier molecular flexibility index (Phi) is 6.88. The van der Waals surface area contributed by atoms with Gasteiger partial charge in [-0.1, -0.05) is 44.3 Å². The summed E-state index contributed by atoms with van der Waals surface area (Å²) in [6.07, 6.45) is 13.0. The highest BCUT2D eigenvalue weighted by Crippen LogP contribution is 2.54. The van der Waals surface area contributed by atoms with Crippen LogP contribution in [0.3, 0.4) is 0 Å². The van der Waals surface area contributed by atoms with Crippen LogP contribution in [0, 0.1) is 5.92 Å². The van der Waals surface area contributed by atoms with Crippen LogP contribution in [0.2, 0.25) is 0 Å². The second kappa shape index (κ2) is 9.49. The SMILES string of the molecule is CCCCCc1cc2c(c(O)c1C(=O)N1CCCCCC1)C1C=C(C)CC[C@H]1C(C)(C)O2. The molecule has 1 unspecified atom stereocenters. The van der Waals surface area contributed by atoms with Crippen LogP contribution < -0.4 is 4.74 Å². The summed E-state index contributed by atoms with van der Waals surface area (Å²) >= 11 is 0. The Hall–Kier alpha value is -1.97. The van der Waals surface area contributed by atoms with Crippen LogP contribution >= 0.6 is 0 Å². The van der Waals surface area contributed by atoms with Crippen molar-refractivity contribution in [1.82, 2.24) is 4.90 Å². The van der Waals surface area contributed by atoms with Gasteiger partial charge in [-0.2, -0.15) is 0 Å². The average molecular weight is 440 g/mol. The molecule has 4 rings (SSSR count). The molecule has 1 aliphatic carbocycles. The zero-order chi connectivity index (χ0) is 22.9. The second-order valence-corrected chi connectivity index (χ2v) is 10.7. The molecule has 0 saturated carbocycles. The predicted molar refractivity (Wildman–Crippen MR) is 130 cm³/mol. The lowest BCUT2D eigenvalue weighted by molar-refractivity contribution is 0.0106. The molecule has 1 aromatic carbocycles. The molecule has 3 aliphatic rings. The van der Waals surface area contributed by atoms with Crippen LogP contribution in [0.4, 0.5) is 0 Å². The fourth-order valence-electron chi connectivity index (χ4n) is 6.04. The van der Waals surface area contributed by atoms with E-state index < -0.39 is 0 Å².